The minimum atomic E-state index is -0.980. The Hall–Kier alpha value is -3.47. The number of carbonyl (C=O) groups is 2. The minimum absolute atomic E-state index is 0.206. The van der Waals surface area contributed by atoms with Crippen LogP contribution in [0.1, 0.15) is 21.5 Å². The number of carbonyl (C=O) groups excluding carboxylic acids is 1. The minimum Gasteiger partial charge on any atom is -0.478 e. The van der Waals surface area contributed by atoms with Gasteiger partial charge in [0.25, 0.3) is 0 Å². The lowest BCUT2D eigenvalue weighted by atomic mass is 10.0. The molecule has 124 valence electrons. The average molecular weight is 332 g/mol. The van der Waals surface area contributed by atoms with Crippen molar-refractivity contribution in [3.8, 4) is 0 Å². The van der Waals surface area contributed by atoms with Crippen LogP contribution in [0.3, 0.4) is 0 Å². The van der Waals surface area contributed by atoms with E-state index in [-0.39, 0.29) is 17.9 Å². The van der Waals surface area contributed by atoms with E-state index in [9.17, 15) is 9.59 Å². The van der Waals surface area contributed by atoms with Crippen LogP contribution < -0.4 is 5.43 Å². The number of rotatable bonds is 5. The van der Waals surface area contributed by atoms with Crippen LogP contribution in [0.2, 0.25) is 0 Å². The summed E-state index contributed by atoms with van der Waals surface area (Å²) in [6.45, 7) is 0. The highest BCUT2D eigenvalue weighted by atomic mass is 16.4. The number of benzene rings is 3. The maximum absolute atomic E-state index is 12.1. The Morgan fingerprint density at radius 1 is 0.960 bits per heavy atom. The molecule has 0 radical (unpaired) electrons. The number of fused-ring (bicyclic) bond motifs is 1. The molecule has 3 aromatic carbocycles. The number of carboxylic acid groups (broad SMARTS) is 1. The third-order valence-corrected chi connectivity index (χ3v) is 3.79. The Balaban J connectivity index is 1.63. The third kappa shape index (κ3) is 4.09. The highest BCUT2D eigenvalue weighted by molar-refractivity contribution is 5.91. The van der Waals surface area contributed by atoms with Crippen LogP contribution >= 0.6 is 0 Å². The van der Waals surface area contributed by atoms with Crippen molar-refractivity contribution in [3.05, 3.63) is 83.4 Å². The topological polar surface area (TPSA) is 78.8 Å². The summed E-state index contributed by atoms with van der Waals surface area (Å²) in [7, 11) is 0. The van der Waals surface area contributed by atoms with Crippen LogP contribution in [0.4, 0.5) is 0 Å². The summed E-state index contributed by atoms with van der Waals surface area (Å²) < 4.78 is 0. The number of nitrogens with one attached hydrogen (secondary N) is 1. The zero-order valence-electron chi connectivity index (χ0n) is 13.3. The van der Waals surface area contributed by atoms with Crippen molar-refractivity contribution < 1.29 is 14.7 Å². The second-order valence-corrected chi connectivity index (χ2v) is 5.54. The lowest BCUT2D eigenvalue weighted by Gasteiger charge is -2.05. The summed E-state index contributed by atoms with van der Waals surface area (Å²) >= 11 is 0. The monoisotopic (exact) mass is 332 g/mol. The van der Waals surface area contributed by atoms with Crippen molar-refractivity contribution in [1.82, 2.24) is 5.43 Å². The molecule has 2 N–H and O–H groups in total. The van der Waals surface area contributed by atoms with Gasteiger partial charge in [0, 0.05) is 0 Å². The van der Waals surface area contributed by atoms with Crippen LogP contribution in [0, 0.1) is 0 Å². The quantitative estimate of drug-likeness (QED) is 0.556. The van der Waals surface area contributed by atoms with Crippen molar-refractivity contribution in [3.63, 3.8) is 0 Å². The predicted octanol–water partition coefficient (Wildman–Crippen LogP) is 3.23. The molecule has 25 heavy (non-hydrogen) atoms. The molecule has 5 nitrogen and oxygen atoms in total. The smallest absolute Gasteiger partial charge is 0.335 e. The van der Waals surface area contributed by atoms with Gasteiger partial charge in [-0.3, -0.25) is 4.79 Å². The molecule has 0 atom stereocenters. The summed E-state index contributed by atoms with van der Waals surface area (Å²) in [6.07, 6.45) is 1.71. The number of aromatic carboxylic acids is 1. The molecular weight excluding hydrogens is 316 g/mol. The van der Waals surface area contributed by atoms with Crippen LogP contribution in [-0.4, -0.2) is 23.2 Å². The molecule has 0 saturated carbocycles. The van der Waals surface area contributed by atoms with E-state index >= 15 is 0 Å². The van der Waals surface area contributed by atoms with E-state index in [0.717, 1.165) is 16.3 Å². The second kappa shape index (κ2) is 7.40. The molecule has 3 aromatic rings. The van der Waals surface area contributed by atoms with E-state index in [2.05, 4.69) is 10.5 Å². The van der Waals surface area contributed by atoms with E-state index in [4.69, 9.17) is 5.11 Å². The standard InChI is InChI=1S/C20H16N2O3/c23-19(12-17-6-3-5-15-4-1-2-7-18(15)17)22-21-13-14-8-10-16(11-9-14)20(24)25/h1-11,13H,12H2,(H,22,23)(H,24,25). The first-order valence-corrected chi connectivity index (χ1v) is 7.75. The molecule has 0 saturated heterocycles. The number of carboxylic acids is 1. The Bertz CT molecular complexity index is 941. The molecule has 0 fully saturated rings. The van der Waals surface area contributed by atoms with Crippen LogP contribution in [0.5, 0.6) is 0 Å². The van der Waals surface area contributed by atoms with Gasteiger partial charge in [0.2, 0.25) is 5.91 Å². The van der Waals surface area contributed by atoms with E-state index < -0.39 is 5.97 Å². The molecule has 1 amide bonds. The molecule has 0 aromatic heterocycles. The Morgan fingerprint density at radius 2 is 1.68 bits per heavy atom. The van der Waals surface area contributed by atoms with Gasteiger partial charge in [0.05, 0.1) is 18.2 Å². The molecular formula is C20H16N2O3. The Labute approximate surface area is 144 Å². The van der Waals surface area contributed by atoms with Crippen molar-refractivity contribution >= 4 is 28.9 Å². The van der Waals surface area contributed by atoms with Gasteiger partial charge in [0.1, 0.15) is 0 Å². The summed E-state index contributed by atoms with van der Waals surface area (Å²) in [4.78, 5) is 22.9. The van der Waals surface area contributed by atoms with Crippen molar-refractivity contribution in [2.24, 2.45) is 5.10 Å². The largest absolute Gasteiger partial charge is 0.478 e. The average Bonchev–Trinajstić information content (AvgIpc) is 2.62. The van der Waals surface area contributed by atoms with Crippen LogP contribution in [0.15, 0.2) is 71.8 Å². The van der Waals surface area contributed by atoms with E-state index in [1.807, 2.05) is 42.5 Å². The van der Waals surface area contributed by atoms with E-state index in [1.165, 1.54) is 18.3 Å². The van der Waals surface area contributed by atoms with Gasteiger partial charge in [-0.05, 0) is 34.0 Å². The third-order valence-electron chi connectivity index (χ3n) is 3.79. The van der Waals surface area contributed by atoms with Gasteiger partial charge < -0.3 is 5.11 Å². The SMILES string of the molecule is O=C(Cc1cccc2ccccc12)NN=Cc1ccc(C(=O)O)cc1. The number of hydrogen-bond acceptors (Lipinski definition) is 3. The number of nitrogens with zero attached hydrogens (tertiary/aromatic N) is 1. The first-order valence-electron chi connectivity index (χ1n) is 7.75. The highest BCUT2D eigenvalue weighted by Gasteiger charge is 2.06. The molecule has 0 bridgehead atoms. The zero-order valence-corrected chi connectivity index (χ0v) is 13.3. The first kappa shape index (κ1) is 16.4. The van der Waals surface area contributed by atoms with Crippen LogP contribution in [0.25, 0.3) is 10.8 Å². The van der Waals surface area contributed by atoms with Crippen LogP contribution in [-0.2, 0) is 11.2 Å². The molecule has 0 heterocycles. The maximum Gasteiger partial charge on any atom is 0.335 e. The van der Waals surface area contributed by atoms with Crippen molar-refractivity contribution in [1.29, 1.82) is 0 Å². The lowest BCUT2D eigenvalue weighted by Crippen LogP contribution is -2.19. The van der Waals surface area contributed by atoms with Crippen molar-refractivity contribution in [2.75, 3.05) is 0 Å². The van der Waals surface area contributed by atoms with Gasteiger partial charge >= 0.3 is 5.97 Å². The first-order chi connectivity index (χ1) is 12.1. The summed E-state index contributed by atoms with van der Waals surface area (Å²) in [5, 5.41) is 14.9. The molecule has 5 heteroatoms. The fourth-order valence-electron chi connectivity index (χ4n) is 2.55. The molecule has 0 spiro atoms. The second-order valence-electron chi connectivity index (χ2n) is 5.54. The Kier molecular flexibility index (Phi) is 4.85. The van der Waals surface area contributed by atoms with E-state index in [1.54, 1.807) is 12.1 Å². The molecule has 0 aliphatic heterocycles. The van der Waals surface area contributed by atoms with Crippen molar-refractivity contribution in [2.45, 2.75) is 6.42 Å². The van der Waals surface area contributed by atoms with Gasteiger partial charge in [-0.25, -0.2) is 10.2 Å². The van der Waals surface area contributed by atoms with Gasteiger partial charge in [-0.1, -0.05) is 54.6 Å². The zero-order chi connectivity index (χ0) is 17.6. The summed E-state index contributed by atoms with van der Waals surface area (Å²) in [6, 6.07) is 20.0. The molecule has 0 unspecified atom stereocenters. The fourth-order valence-corrected chi connectivity index (χ4v) is 2.55. The predicted molar refractivity (Wildman–Crippen MR) is 96.8 cm³/mol. The van der Waals surface area contributed by atoms with Gasteiger partial charge in [-0.15, -0.1) is 0 Å². The van der Waals surface area contributed by atoms with E-state index in [0.29, 0.717) is 5.56 Å². The number of hydrogen-bond donors (Lipinski definition) is 2. The lowest BCUT2D eigenvalue weighted by molar-refractivity contribution is -0.120. The normalized spacial score (nSPS) is 10.9. The molecule has 0 aliphatic carbocycles. The highest BCUT2D eigenvalue weighted by Crippen LogP contribution is 2.18. The molecule has 3 rings (SSSR count). The summed E-state index contributed by atoms with van der Waals surface area (Å²) in [5.41, 5.74) is 4.35. The van der Waals surface area contributed by atoms with Gasteiger partial charge in [0.15, 0.2) is 0 Å². The number of hydrazone groups is 1. The summed E-state index contributed by atoms with van der Waals surface area (Å²) in [5.74, 6) is -1.19. The van der Waals surface area contributed by atoms with Gasteiger partial charge in [-0.2, -0.15) is 5.10 Å². The fraction of sp³-hybridized carbons (Fsp3) is 0.0500. The Morgan fingerprint density at radius 3 is 2.44 bits per heavy atom. The number of amides is 1. The maximum atomic E-state index is 12.1. The molecule has 0 aliphatic rings.